The maximum absolute atomic E-state index is 13.7. The highest BCUT2D eigenvalue weighted by Gasteiger charge is 2.14. The number of halogens is 2. The van der Waals surface area contributed by atoms with Crippen LogP contribution in [0.3, 0.4) is 0 Å². The summed E-state index contributed by atoms with van der Waals surface area (Å²) in [6.45, 7) is 1.78. The largest absolute Gasteiger partial charge is 0.497 e. The average molecular weight is 263 g/mol. The van der Waals surface area contributed by atoms with Crippen LogP contribution in [0.2, 0.25) is 0 Å². The molecule has 2 rings (SSSR count). The van der Waals surface area contributed by atoms with E-state index < -0.39 is 11.6 Å². The van der Waals surface area contributed by atoms with Crippen LogP contribution in [-0.4, -0.2) is 7.11 Å². The molecule has 0 saturated heterocycles. The summed E-state index contributed by atoms with van der Waals surface area (Å²) in [6.07, 6.45) is 0. The zero-order valence-electron chi connectivity index (χ0n) is 10.8. The van der Waals surface area contributed by atoms with Crippen LogP contribution >= 0.6 is 0 Å². The van der Waals surface area contributed by atoms with Gasteiger partial charge in [0.15, 0.2) is 11.6 Å². The Hall–Kier alpha value is -2.10. The van der Waals surface area contributed by atoms with Crippen LogP contribution in [0.4, 0.5) is 14.5 Å². The normalized spacial score (nSPS) is 12.0. The van der Waals surface area contributed by atoms with Crippen molar-refractivity contribution in [2.24, 2.45) is 0 Å². The van der Waals surface area contributed by atoms with Crippen molar-refractivity contribution in [2.75, 3.05) is 12.4 Å². The van der Waals surface area contributed by atoms with E-state index in [0.29, 0.717) is 11.3 Å². The van der Waals surface area contributed by atoms with E-state index in [4.69, 9.17) is 4.74 Å². The number of methoxy groups -OCH3 is 1. The molecule has 0 spiro atoms. The summed E-state index contributed by atoms with van der Waals surface area (Å²) in [5.74, 6) is -0.945. The second-order valence-electron chi connectivity index (χ2n) is 4.24. The third kappa shape index (κ3) is 3.02. The lowest BCUT2D eigenvalue weighted by atomic mass is 10.1. The summed E-state index contributed by atoms with van der Waals surface area (Å²) in [7, 11) is 1.58. The molecular weight excluding hydrogens is 248 g/mol. The van der Waals surface area contributed by atoms with Crippen LogP contribution in [0, 0.1) is 11.6 Å². The predicted molar refractivity (Wildman–Crippen MR) is 71.4 cm³/mol. The van der Waals surface area contributed by atoms with Gasteiger partial charge in [-0.1, -0.05) is 18.2 Å². The molecular formula is C15H15F2NO. The summed E-state index contributed by atoms with van der Waals surface area (Å²) < 4.78 is 31.9. The molecule has 4 heteroatoms. The fraction of sp³-hybridized carbons (Fsp3) is 0.200. The molecule has 0 saturated carbocycles. The molecule has 0 amide bonds. The molecule has 100 valence electrons. The second kappa shape index (κ2) is 5.69. The van der Waals surface area contributed by atoms with Gasteiger partial charge in [0.1, 0.15) is 5.75 Å². The first-order valence-corrected chi connectivity index (χ1v) is 5.96. The van der Waals surface area contributed by atoms with Gasteiger partial charge in [-0.25, -0.2) is 8.78 Å². The van der Waals surface area contributed by atoms with Crippen molar-refractivity contribution in [3.05, 3.63) is 59.7 Å². The Balaban J connectivity index is 2.20. The first kappa shape index (κ1) is 13.3. The fourth-order valence-electron chi connectivity index (χ4n) is 1.90. The standard InChI is InChI=1S/C15H15F2NO/c1-10(13-7-4-8-14(16)15(13)17)18-11-5-3-6-12(9-11)19-2/h3-10,18H,1-2H3. The van der Waals surface area contributed by atoms with Crippen LogP contribution in [0.1, 0.15) is 18.5 Å². The van der Waals surface area contributed by atoms with Crippen molar-refractivity contribution in [1.82, 2.24) is 0 Å². The average Bonchev–Trinajstić information content (AvgIpc) is 2.42. The summed E-state index contributed by atoms with van der Waals surface area (Å²) in [5.41, 5.74) is 1.08. The molecule has 2 aromatic rings. The highest BCUT2D eigenvalue weighted by Crippen LogP contribution is 2.25. The Morgan fingerprint density at radius 3 is 2.58 bits per heavy atom. The van der Waals surface area contributed by atoms with Gasteiger partial charge in [-0.05, 0) is 25.1 Å². The van der Waals surface area contributed by atoms with Gasteiger partial charge < -0.3 is 10.1 Å². The maximum Gasteiger partial charge on any atom is 0.164 e. The monoisotopic (exact) mass is 263 g/mol. The first-order chi connectivity index (χ1) is 9.11. The van der Waals surface area contributed by atoms with E-state index in [1.165, 1.54) is 6.07 Å². The Morgan fingerprint density at radius 1 is 1.11 bits per heavy atom. The highest BCUT2D eigenvalue weighted by atomic mass is 19.2. The number of rotatable bonds is 4. The number of ether oxygens (including phenoxy) is 1. The van der Waals surface area contributed by atoms with Crippen molar-refractivity contribution >= 4 is 5.69 Å². The zero-order valence-corrected chi connectivity index (χ0v) is 10.8. The van der Waals surface area contributed by atoms with Crippen LogP contribution in [0.5, 0.6) is 5.75 Å². The Morgan fingerprint density at radius 2 is 1.84 bits per heavy atom. The minimum atomic E-state index is -0.836. The van der Waals surface area contributed by atoms with Gasteiger partial charge in [-0.3, -0.25) is 0 Å². The quantitative estimate of drug-likeness (QED) is 0.894. The number of nitrogens with one attached hydrogen (secondary N) is 1. The summed E-state index contributed by atoms with van der Waals surface area (Å²) in [5, 5.41) is 3.11. The van der Waals surface area contributed by atoms with Crippen molar-refractivity contribution < 1.29 is 13.5 Å². The van der Waals surface area contributed by atoms with E-state index in [1.54, 1.807) is 26.2 Å². The Bertz CT molecular complexity index is 572. The summed E-state index contributed by atoms with van der Waals surface area (Å²) in [6, 6.07) is 11.1. The molecule has 2 aromatic carbocycles. The van der Waals surface area contributed by atoms with Crippen molar-refractivity contribution in [3.63, 3.8) is 0 Å². The lowest BCUT2D eigenvalue weighted by Gasteiger charge is -2.17. The molecule has 1 N–H and O–H groups in total. The Labute approximate surface area is 111 Å². The van der Waals surface area contributed by atoms with E-state index >= 15 is 0 Å². The number of anilines is 1. The number of benzene rings is 2. The van der Waals surface area contributed by atoms with E-state index in [-0.39, 0.29) is 6.04 Å². The van der Waals surface area contributed by atoms with Gasteiger partial charge in [0.2, 0.25) is 0 Å². The van der Waals surface area contributed by atoms with E-state index in [0.717, 1.165) is 11.8 Å². The minimum Gasteiger partial charge on any atom is -0.497 e. The molecule has 1 atom stereocenters. The molecule has 0 bridgehead atoms. The van der Waals surface area contributed by atoms with Crippen LogP contribution in [0.15, 0.2) is 42.5 Å². The van der Waals surface area contributed by atoms with Crippen LogP contribution in [-0.2, 0) is 0 Å². The van der Waals surface area contributed by atoms with Crippen LogP contribution < -0.4 is 10.1 Å². The number of hydrogen-bond donors (Lipinski definition) is 1. The second-order valence-corrected chi connectivity index (χ2v) is 4.24. The third-order valence-electron chi connectivity index (χ3n) is 2.90. The Kier molecular flexibility index (Phi) is 4.00. The molecule has 0 aliphatic heterocycles. The van der Waals surface area contributed by atoms with Gasteiger partial charge in [0, 0.05) is 17.3 Å². The molecule has 0 aliphatic rings. The van der Waals surface area contributed by atoms with Gasteiger partial charge >= 0.3 is 0 Å². The van der Waals surface area contributed by atoms with Gasteiger partial charge in [-0.2, -0.15) is 0 Å². The summed E-state index contributed by atoms with van der Waals surface area (Å²) in [4.78, 5) is 0. The van der Waals surface area contributed by atoms with E-state index in [2.05, 4.69) is 5.32 Å². The molecule has 0 aliphatic carbocycles. The molecule has 0 fully saturated rings. The number of hydrogen-bond acceptors (Lipinski definition) is 2. The minimum absolute atomic E-state index is 0.294. The van der Waals surface area contributed by atoms with E-state index in [9.17, 15) is 8.78 Å². The predicted octanol–water partition coefficient (Wildman–Crippen LogP) is 4.15. The lowest BCUT2D eigenvalue weighted by Crippen LogP contribution is -2.09. The van der Waals surface area contributed by atoms with Gasteiger partial charge in [0.25, 0.3) is 0 Å². The third-order valence-corrected chi connectivity index (χ3v) is 2.90. The lowest BCUT2D eigenvalue weighted by molar-refractivity contribution is 0.415. The molecule has 0 radical (unpaired) electrons. The first-order valence-electron chi connectivity index (χ1n) is 5.96. The molecule has 1 unspecified atom stereocenters. The SMILES string of the molecule is COc1cccc(NC(C)c2cccc(F)c2F)c1. The molecule has 2 nitrogen and oxygen atoms in total. The van der Waals surface area contributed by atoms with E-state index in [1.807, 2.05) is 18.2 Å². The van der Waals surface area contributed by atoms with Crippen LogP contribution in [0.25, 0.3) is 0 Å². The highest BCUT2D eigenvalue weighted by molar-refractivity contribution is 5.49. The fourth-order valence-corrected chi connectivity index (χ4v) is 1.90. The molecule has 0 aromatic heterocycles. The maximum atomic E-state index is 13.7. The zero-order chi connectivity index (χ0) is 13.8. The smallest absolute Gasteiger partial charge is 0.164 e. The van der Waals surface area contributed by atoms with Gasteiger partial charge in [0.05, 0.1) is 13.2 Å². The van der Waals surface area contributed by atoms with Gasteiger partial charge in [-0.15, -0.1) is 0 Å². The van der Waals surface area contributed by atoms with Crippen molar-refractivity contribution in [1.29, 1.82) is 0 Å². The van der Waals surface area contributed by atoms with Crippen molar-refractivity contribution in [2.45, 2.75) is 13.0 Å². The molecule has 19 heavy (non-hydrogen) atoms. The molecule has 0 heterocycles. The van der Waals surface area contributed by atoms with Crippen molar-refractivity contribution in [3.8, 4) is 5.75 Å². The topological polar surface area (TPSA) is 21.3 Å². The summed E-state index contributed by atoms with van der Waals surface area (Å²) >= 11 is 0.